The number of hydrogen-bond acceptors (Lipinski definition) is 1. The van der Waals surface area contributed by atoms with Gasteiger partial charge in [-0.25, -0.2) is 0 Å². The molecule has 1 aliphatic rings. The van der Waals surface area contributed by atoms with Crippen LogP contribution in [0.5, 0.6) is 0 Å². The van der Waals surface area contributed by atoms with Crippen LogP contribution in [0.15, 0.2) is 42.5 Å². The fourth-order valence-electron chi connectivity index (χ4n) is 4.66. The smallest absolute Gasteiger partial charge is 0.100 e. The number of aryl methyl sites for hydroxylation is 2. The molecule has 0 saturated heterocycles. The Morgan fingerprint density at radius 2 is 1.52 bits per heavy atom. The highest BCUT2D eigenvalue weighted by Crippen LogP contribution is 2.35. The van der Waals surface area contributed by atoms with E-state index in [9.17, 15) is 5.26 Å². The fraction of sp³-hybridized carbons (Fsp3) is 0.500. The minimum atomic E-state index is 0.455. The van der Waals surface area contributed by atoms with Crippen LogP contribution < -0.4 is 0 Å². The molecule has 0 aliphatic heterocycles. The third-order valence-electron chi connectivity index (χ3n) is 6.77. The van der Waals surface area contributed by atoms with E-state index in [1.165, 1.54) is 61.6 Å². The Labute approximate surface area is 189 Å². The minimum absolute atomic E-state index is 0.455. The molecular formula is C30H37N. The van der Waals surface area contributed by atoms with Gasteiger partial charge in [0.05, 0.1) is 5.56 Å². The monoisotopic (exact) mass is 411 g/mol. The normalized spacial score (nSPS) is 18.1. The number of unbranched alkanes of at least 4 members (excludes halogenated alkanes) is 4. The molecule has 3 rings (SSSR count). The van der Waals surface area contributed by atoms with Crippen LogP contribution in [0.3, 0.4) is 0 Å². The van der Waals surface area contributed by atoms with E-state index >= 15 is 0 Å². The standard InChI is InChI=1S/C30H37N/c1-3-5-6-7-8-9-26-15-21-29(30(22-26)23-31)20-14-25-12-18-28(19-13-25)27-16-10-24(4-2)11-17-27/h10-11,15-17,21-22,25,28H,3-9,12-13,18-19H2,1-2H3. The Bertz CT molecular complexity index is 912. The van der Waals surface area contributed by atoms with E-state index in [1.807, 2.05) is 0 Å². The van der Waals surface area contributed by atoms with Crippen molar-refractivity contribution in [2.24, 2.45) is 5.92 Å². The molecule has 162 valence electrons. The summed E-state index contributed by atoms with van der Waals surface area (Å²) in [5.41, 5.74) is 5.81. The number of benzene rings is 2. The molecule has 1 heteroatoms. The predicted molar refractivity (Wildman–Crippen MR) is 131 cm³/mol. The highest BCUT2D eigenvalue weighted by atomic mass is 14.3. The summed E-state index contributed by atoms with van der Waals surface area (Å²) in [5.74, 6) is 7.96. The Balaban J connectivity index is 1.53. The van der Waals surface area contributed by atoms with Crippen molar-refractivity contribution in [1.29, 1.82) is 5.26 Å². The van der Waals surface area contributed by atoms with Gasteiger partial charge in [-0.1, -0.05) is 81.7 Å². The zero-order valence-corrected chi connectivity index (χ0v) is 19.4. The lowest BCUT2D eigenvalue weighted by molar-refractivity contribution is 0.384. The van der Waals surface area contributed by atoms with Crippen LogP contribution >= 0.6 is 0 Å². The number of hydrogen-bond donors (Lipinski definition) is 0. The summed E-state index contributed by atoms with van der Waals surface area (Å²) in [4.78, 5) is 0. The molecule has 1 nitrogen and oxygen atoms in total. The largest absolute Gasteiger partial charge is 0.192 e. The van der Waals surface area contributed by atoms with Crippen LogP contribution in [0.4, 0.5) is 0 Å². The van der Waals surface area contributed by atoms with Gasteiger partial charge in [0, 0.05) is 11.5 Å². The minimum Gasteiger partial charge on any atom is -0.192 e. The van der Waals surface area contributed by atoms with E-state index in [4.69, 9.17) is 0 Å². The van der Waals surface area contributed by atoms with Gasteiger partial charge < -0.3 is 0 Å². The third-order valence-corrected chi connectivity index (χ3v) is 6.77. The first-order chi connectivity index (χ1) is 15.2. The molecule has 2 aromatic carbocycles. The average Bonchev–Trinajstić information content (AvgIpc) is 2.83. The van der Waals surface area contributed by atoms with Crippen molar-refractivity contribution in [3.05, 3.63) is 70.3 Å². The topological polar surface area (TPSA) is 23.8 Å². The number of nitriles is 1. The van der Waals surface area contributed by atoms with Crippen LogP contribution in [0, 0.1) is 29.1 Å². The van der Waals surface area contributed by atoms with Gasteiger partial charge >= 0.3 is 0 Å². The Kier molecular flexibility index (Phi) is 9.24. The lowest BCUT2D eigenvalue weighted by Crippen LogP contribution is -2.12. The molecule has 1 fully saturated rings. The zero-order valence-electron chi connectivity index (χ0n) is 19.4. The van der Waals surface area contributed by atoms with E-state index in [-0.39, 0.29) is 0 Å². The van der Waals surface area contributed by atoms with Crippen molar-refractivity contribution in [3.8, 4) is 17.9 Å². The first kappa shape index (κ1) is 23.2. The van der Waals surface area contributed by atoms with Gasteiger partial charge in [0.15, 0.2) is 0 Å². The molecule has 0 radical (unpaired) electrons. The maximum absolute atomic E-state index is 9.60. The average molecular weight is 412 g/mol. The van der Waals surface area contributed by atoms with Crippen LogP contribution in [0.25, 0.3) is 0 Å². The number of nitrogens with zero attached hydrogens (tertiary/aromatic N) is 1. The van der Waals surface area contributed by atoms with Crippen LogP contribution in [0.2, 0.25) is 0 Å². The van der Waals surface area contributed by atoms with Gasteiger partial charge in [0.25, 0.3) is 0 Å². The maximum Gasteiger partial charge on any atom is 0.100 e. The Morgan fingerprint density at radius 3 is 2.19 bits per heavy atom. The van der Waals surface area contributed by atoms with Gasteiger partial charge in [0.1, 0.15) is 6.07 Å². The van der Waals surface area contributed by atoms with Crippen molar-refractivity contribution in [3.63, 3.8) is 0 Å². The number of rotatable bonds is 8. The van der Waals surface area contributed by atoms with Crippen LogP contribution in [-0.2, 0) is 12.8 Å². The lowest BCUT2D eigenvalue weighted by Gasteiger charge is -2.26. The van der Waals surface area contributed by atoms with Crippen LogP contribution in [-0.4, -0.2) is 0 Å². The first-order valence-corrected chi connectivity index (χ1v) is 12.4. The van der Waals surface area contributed by atoms with E-state index in [0.29, 0.717) is 11.8 Å². The lowest BCUT2D eigenvalue weighted by atomic mass is 9.78. The highest BCUT2D eigenvalue weighted by molar-refractivity contribution is 5.50. The van der Waals surface area contributed by atoms with Crippen molar-refractivity contribution < 1.29 is 0 Å². The summed E-state index contributed by atoms with van der Waals surface area (Å²) in [6.45, 7) is 4.45. The summed E-state index contributed by atoms with van der Waals surface area (Å²) in [6, 6.07) is 17.9. The van der Waals surface area contributed by atoms with Crippen molar-refractivity contribution in [2.75, 3.05) is 0 Å². The molecule has 0 heterocycles. The van der Waals surface area contributed by atoms with Crippen LogP contribution in [0.1, 0.15) is 105 Å². The summed E-state index contributed by atoms with van der Waals surface area (Å²) in [6.07, 6.45) is 13.3. The van der Waals surface area contributed by atoms with Crippen molar-refractivity contribution >= 4 is 0 Å². The summed E-state index contributed by atoms with van der Waals surface area (Å²) >= 11 is 0. The van der Waals surface area contributed by atoms with E-state index < -0.39 is 0 Å². The summed E-state index contributed by atoms with van der Waals surface area (Å²) in [7, 11) is 0. The molecule has 0 bridgehead atoms. The van der Waals surface area contributed by atoms with E-state index in [1.54, 1.807) is 0 Å². The van der Waals surface area contributed by atoms with E-state index in [0.717, 1.165) is 36.8 Å². The van der Waals surface area contributed by atoms with Gasteiger partial charge in [0.2, 0.25) is 0 Å². The van der Waals surface area contributed by atoms with Crippen molar-refractivity contribution in [2.45, 2.75) is 90.4 Å². The fourth-order valence-corrected chi connectivity index (χ4v) is 4.66. The second-order valence-corrected chi connectivity index (χ2v) is 9.07. The SMILES string of the molecule is CCCCCCCc1ccc(C#CC2CCC(c3ccc(CC)cc3)CC2)c(C#N)c1. The molecule has 0 spiro atoms. The molecule has 0 atom stereocenters. The van der Waals surface area contributed by atoms with Crippen molar-refractivity contribution in [1.82, 2.24) is 0 Å². The quantitative estimate of drug-likeness (QED) is 0.319. The molecular weight excluding hydrogens is 374 g/mol. The highest BCUT2D eigenvalue weighted by Gasteiger charge is 2.21. The molecule has 1 aliphatic carbocycles. The van der Waals surface area contributed by atoms with Gasteiger partial charge in [-0.15, -0.1) is 0 Å². The summed E-state index contributed by atoms with van der Waals surface area (Å²) < 4.78 is 0. The Hall–Kier alpha value is -2.51. The third kappa shape index (κ3) is 7.01. The summed E-state index contributed by atoms with van der Waals surface area (Å²) in [5, 5.41) is 9.60. The Morgan fingerprint density at radius 1 is 0.806 bits per heavy atom. The van der Waals surface area contributed by atoms with E-state index in [2.05, 4.69) is 74.2 Å². The van der Waals surface area contributed by atoms with Gasteiger partial charge in [-0.2, -0.15) is 5.26 Å². The second kappa shape index (κ2) is 12.4. The molecule has 2 aromatic rings. The maximum atomic E-state index is 9.60. The first-order valence-electron chi connectivity index (χ1n) is 12.4. The predicted octanol–water partition coefficient (Wildman–Crippen LogP) is 7.96. The molecule has 31 heavy (non-hydrogen) atoms. The molecule has 0 N–H and O–H groups in total. The van der Waals surface area contributed by atoms with Gasteiger partial charge in [-0.05, 0) is 79.7 Å². The molecule has 0 aromatic heterocycles. The molecule has 0 unspecified atom stereocenters. The van der Waals surface area contributed by atoms with Gasteiger partial charge in [-0.3, -0.25) is 0 Å². The molecule has 1 saturated carbocycles. The molecule has 0 amide bonds. The zero-order chi connectivity index (χ0) is 21.9. The second-order valence-electron chi connectivity index (χ2n) is 9.07.